The molecule has 0 radical (unpaired) electrons. The first-order valence-corrected chi connectivity index (χ1v) is 11.2. The highest BCUT2D eigenvalue weighted by atomic mass is 127. The molecule has 0 nitrogen and oxygen atoms in total. The highest BCUT2D eigenvalue weighted by Crippen LogP contribution is 2.40. The molecule has 0 aromatic heterocycles. The number of halogens is 8. The number of alkyl halides is 8. The molecule has 4 unspecified atom stereocenters. The van der Waals surface area contributed by atoms with E-state index in [1.54, 1.807) is 13.0 Å². The van der Waals surface area contributed by atoms with E-state index in [9.17, 15) is 17.6 Å². The number of hydrogen-bond donors (Lipinski definition) is 0. The van der Waals surface area contributed by atoms with Crippen LogP contribution in [0.3, 0.4) is 0 Å². The van der Waals surface area contributed by atoms with E-state index >= 15 is 0 Å². The summed E-state index contributed by atoms with van der Waals surface area (Å²) in [5.41, 5.74) is 0. The van der Waals surface area contributed by atoms with Crippen molar-refractivity contribution in [3.63, 3.8) is 0 Å². The normalized spacial score (nSPS) is 18.9. The van der Waals surface area contributed by atoms with Gasteiger partial charge >= 0.3 is 0 Å². The Bertz CT molecular complexity index is 320. The van der Waals surface area contributed by atoms with Crippen molar-refractivity contribution >= 4 is 90.4 Å². The van der Waals surface area contributed by atoms with Gasteiger partial charge in [0.1, 0.15) is 0 Å². The van der Waals surface area contributed by atoms with Crippen molar-refractivity contribution in [1.29, 1.82) is 0 Å². The monoisotopic (exact) mass is 758 g/mol. The summed E-state index contributed by atoms with van der Waals surface area (Å²) >= 11 is 7.01. The van der Waals surface area contributed by atoms with Gasteiger partial charge in [0.2, 0.25) is 0 Å². The Kier molecular flexibility index (Phi) is 11.6. The lowest BCUT2D eigenvalue weighted by molar-refractivity contribution is -0.0568. The lowest BCUT2D eigenvalue weighted by atomic mass is 9.93. The molecule has 0 bridgehead atoms. The van der Waals surface area contributed by atoms with Gasteiger partial charge in [-0.2, -0.15) is 8.78 Å². The molecule has 0 saturated heterocycles. The average Bonchev–Trinajstić information content (AvgIpc) is 2.24. The zero-order chi connectivity index (χ0) is 16.8. The fourth-order valence-electron chi connectivity index (χ4n) is 1.80. The summed E-state index contributed by atoms with van der Waals surface area (Å²) in [6.45, 7) is 5.12. The van der Waals surface area contributed by atoms with Crippen LogP contribution >= 0.6 is 90.4 Å². The van der Waals surface area contributed by atoms with Crippen molar-refractivity contribution in [3.05, 3.63) is 12.7 Å². The second-order valence-corrected chi connectivity index (χ2v) is 11.7. The summed E-state index contributed by atoms with van der Waals surface area (Å²) in [5.74, 6) is -3.55. The fraction of sp³-hybridized carbons (Fsp3) is 0.846. The van der Waals surface area contributed by atoms with Gasteiger partial charge in [-0.05, 0) is 35.4 Å². The molecular weight excluding hydrogens is 740 g/mol. The summed E-state index contributed by atoms with van der Waals surface area (Å²) in [5, 5.41) is 0. The molecule has 0 aliphatic heterocycles. The number of allylic oxidation sites excluding steroid dienone is 1. The van der Waals surface area contributed by atoms with Crippen LogP contribution in [0.15, 0.2) is 12.7 Å². The van der Waals surface area contributed by atoms with Gasteiger partial charge in [-0.3, -0.25) is 0 Å². The average molecular weight is 758 g/mol. The molecule has 21 heavy (non-hydrogen) atoms. The lowest BCUT2D eigenvalue weighted by Gasteiger charge is -2.29. The minimum atomic E-state index is -2.79. The second kappa shape index (κ2) is 10.4. The molecule has 4 atom stereocenters. The molecule has 0 spiro atoms. The Morgan fingerprint density at radius 2 is 1.52 bits per heavy atom. The van der Waals surface area contributed by atoms with Gasteiger partial charge in [0.05, 0.1) is 0 Å². The highest BCUT2D eigenvalue weighted by Gasteiger charge is 2.41. The Morgan fingerprint density at radius 1 is 1.05 bits per heavy atom. The minimum absolute atomic E-state index is 0.173. The third-order valence-corrected chi connectivity index (χ3v) is 6.98. The fourth-order valence-corrected chi connectivity index (χ4v) is 7.41. The van der Waals surface area contributed by atoms with Crippen LogP contribution in [0.2, 0.25) is 0 Å². The number of hydrogen-bond acceptors (Lipinski definition) is 0. The van der Waals surface area contributed by atoms with Crippen LogP contribution < -0.4 is 0 Å². The van der Waals surface area contributed by atoms with Gasteiger partial charge in [-0.1, -0.05) is 80.8 Å². The second-order valence-electron chi connectivity index (χ2n) is 5.04. The molecule has 0 aromatic carbocycles. The van der Waals surface area contributed by atoms with Crippen molar-refractivity contribution < 1.29 is 17.6 Å². The smallest absolute Gasteiger partial charge is 0.207 e. The van der Waals surface area contributed by atoms with E-state index in [-0.39, 0.29) is 24.6 Å². The SMILES string of the molecule is C=CCC(I)C(C)C(F)(F)CC(I)CC(I)CC(F)(F)I. The summed E-state index contributed by atoms with van der Waals surface area (Å²) in [4.78, 5) is 0. The molecule has 0 aliphatic carbocycles. The van der Waals surface area contributed by atoms with Crippen LogP contribution in [-0.2, 0) is 0 Å². The zero-order valence-electron chi connectivity index (χ0n) is 11.4. The molecule has 0 saturated carbocycles. The standard InChI is InChI=1S/C13H18F4I4/c1-3-4-11(20)8(2)12(14,15)6-9(18)5-10(19)7-13(16,17)21/h3,8-11H,1,4-7H2,2H3. The molecule has 8 heteroatoms. The predicted octanol–water partition coefficient (Wildman–Crippen LogP) is 7.44. The summed E-state index contributed by atoms with van der Waals surface area (Å²) in [6.07, 6.45) is 2.01. The van der Waals surface area contributed by atoms with Gasteiger partial charge in [0, 0.05) is 30.5 Å². The summed E-state index contributed by atoms with van der Waals surface area (Å²) in [6, 6.07) is 0. The van der Waals surface area contributed by atoms with E-state index in [0.717, 1.165) is 22.6 Å². The van der Waals surface area contributed by atoms with E-state index in [0.29, 0.717) is 12.8 Å². The van der Waals surface area contributed by atoms with Gasteiger partial charge < -0.3 is 0 Å². The van der Waals surface area contributed by atoms with E-state index in [1.165, 1.54) is 0 Å². The van der Waals surface area contributed by atoms with Gasteiger partial charge in [0.15, 0.2) is 0 Å². The molecule has 0 rings (SSSR count). The topological polar surface area (TPSA) is 0 Å². The summed E-state index contributed by atoms with van der Waals surface area (Å²) in [7, 11) is 0. The van der Waals surface area contributed by atoms with E-state index < -0.39 is 15.8 Å². The van der Waals surface area contributed by atoms with Crippen molar-refractivity contribution in [2.75, 3.05) is 0 Å². The molecule has 0 amide bonds. The molecule has 126 valence electrons. The maximum atomic E-state index is 14.2. The van der Waals surface area contributed by atoms with Crippen LogP contribution in [0.5, 0.6) is 0 Å². The van der Waals surface area contributed by atoms with Crippen molar-refractivity contribution in [2.24, 2.45) is 5.92 Å². The first-order valence-electron chi connectivity index (χ1n) is 6.36. The van der Waals surface area contributed by atoms with Crippen LogP contribution in [0.1, 0.15) is 32.6 Å². The zero-order valence-corrected chi connectivity index (χ0v) is 20.1. The largest absolute Gasteiger partial charge is 0.297 e. The molecule has 0 heterocycles. The molecular formula is C13H18F4I4. The minimum Gasteiger partial charge on any atom is -0.207 e. The van der Waals surface area contributed by atoms with Crippen LogP contribution in [0.25, 0.3) is 0 Å². The van der Waals surface area contributed by atoms with E-state index in [2.05, 4.69) is 6.58 Å². The molecule has 0 aromatic rings. The molecule has 0 aliphatic rings. The van der Waals surface area contributed by atoms with Gasteiger partial charge in [-0.25, -0.2) is 8.78 Å². The maximum Gasteiger partial charge on any atom is 0.297 e. The van der Waals surface area contributed by atoms with Crippen molar-refractivity contribution in [3.8, 4) is 0 Å². The summed E-state index contributed by atoms with van der Waals surface area (Å²) < 4.78 is 50.7. The van der Waals surface area contributed by atoms with Crippen molar-refractivity contribution in [2.45, 2.75) is 54.2 Å². The molecule has 0 fully saturated rings. The Hall–Kier alpha value is 2.38. The van der Waals surface area contributed by atoms with Crippen LogP contribution in [0, 0.1) is 5.92 Å². The quantitative estimate of drug-likeness (QED) is 0.0942. The van der Waals surface area contributed by atoms with Crippen LogP contribution in [-0.4, -0.2) is 21.6 Å². The maximum absolute atomic E-state index is 14.2. The Morgan fingerprint density at radius 3 is 1.95 bits per heavy atom. The first kappa shape index (κ1) is 23.4. The highest BCUT2D eigenvalue weighted by molar-refractivity contribution is 14.1. The van der Waals surface area contributed by atoms with Crippen molar-refractivity contribution in [1.82, 2.24) is 0 Å². The van der Waals surface area contributed by atoms with E-state index in [1.807, 2.05) is 67.8 Å². The van der Waals surface area contributed by atoms with Crippen LogP contribution in [0.4, 0.5) is 17.6 Å². The first-order chi connectivity index (χ1) is 9.39. The predicted molar refractivity (Wildman–Crippen MR) is 115 cm³/mol. The molecule has 0 N–H and O–H groups in total. The van der Waals surface area contributed by atoms with Gasteiger partial charge in [0.25, 0.3) is 9.85 Å². The van der Waals surface area contributed by atoms with Gasteiger partial charge in [-0.15, -0.1) is 6.58 Å². The Labute approximate surface area is 178 Å². The number of rotatable bonds is 10. The Balaban J connectivity index is 4.46. The van der Waals surface area contributed by atoms with E-state index in [4.69, 9.17) is 0 Å². The third-order valence-electron chi connectivity index (χ3n) is 3.06. The lowest BCUT2D eigenvalue weighted by Crippen LogP contribution is -2.35. The third kappa shape index (κ3) is 10.8.